The van der Waals surface area contributed by atoms with Crippen LogP contribution in [0.4, 0.5) is 11.9 Å². The number of nitrogens with zero attached hydrogens (tertiary/aromatic N) is 8. The minimum atomic E-state index is -0.680. The molecule has 0 radical (unpaired) electrons. The Morgan fingerprint density at radius 2 is 1.33 bits per heavy atom. The van der Waals surface area contributed by atoms with Crippen LogP contribution in [0.1, 0.15) is 79.8 Å². The predicted octanol–water partition coefficient (Wildman–Crippen LogP) is 4.57. The Balaban J connectivity index is 1.27. The molecule has 1 fully saturated rings. The molecule has 2 aromatic carbocycles. The van der Waals surface area contributed by atoms with Crippen LogP contribution in [-0.2, 0) is 26.2 Å². The average molecular weight is 878 g/mol. The van der Waals surface area contributed by atoms with E-state index in [1.165, 1.54) is 13.2 Å². The topological polar surface area (TPSA) is 232 Å². The average Bonchev–Trinajstić information content (AvgIpc) is 4.05. The molecule has 0 spiro atoms. The van der Waals surface area contributed by atoms with Gasteiger partial charge in [-0.05, 0) is 90.0 Å². The Morgan fingerprint density at radius 3 is 1.84 bits per heavy atom. The Labute approximate surface area is 367 Å². The normalized spacial score (nSPS) is 13.0. The monoisotopic (exact) mass is 877 g/mol. The summed E-state index contributed by atoms with van der Waals surface area (Å²) in [6.45, 7) is 10.5. The number of carbonyl (C=O) groups excluding carboxylic acids is 4. The van der Waals surface area contributed by atoms with Gasteiger partial charge in [0.15, 0.2) is 0 Å². The Bertz CT molecular complexity index is 2820. The van der Waals surface area contributed by atoms with Gasteiger partial charge in [0.25, 0.3) is 17.7 Å². The lowest BCUT2D eigenvalue weighted by Gasteiger charge is -2.17. The highest BCUT2D eigenvalue weighted by molar-refractivity contribution is 6.24. The molecule has 1 aliphatic heterocycles. The van der Waals surface area contributed by atoms with Gasteiger partial charge < -0.3 is 29.7 Å². The van der Waals surface area contributed by atoms with Crippen molar-refractivity contribution in [2.24, 2.45) is 11.7 Å². The fourth-order valence-corrected chi connectivity index (χ4v) is 7.60. The summed E-state index contributed by atoms with van der Waals surface area (Å²) in [5, 5.41) is 18.0. The number of imidazole rings is 2. The van der Waals surface area contributed by atoms with E-state index in [1.54, 1.807) is 62.7 Å². The zero-order chi connectivity index (χ0) is 44.8. The molecule has 4 amide bonds. The second kappa shape index (κ2) is 19.3. The zero-order valence-electron chi connectivity index (χ0n) is 35.5. The van der Waals surface area contributed by atoms with E-state index in [9.17, 15) is 19.2 Å². The third-order valence-electron chi connectivity index (χ3n) is 10.5. The van der Waals surface area contributed by atoms with E-state index in [4.69, 9.17) is 37.0 Å². The van der Waals surface area contributed by atoms with Crippen LogP contribution in [-0.4, -0.2) is 89.1 Å². The number of aromatic nitrogens is 8. The number of nitrogens with two attached hydrogens (primary N) is 1. The summed E-state index contributed by atoms with van der Waals surface area (Å²) in [6, 6.07) is 9.54. The Hall–Kier alpha value is -7.17. The fourth-order valence-electron chi connectivity index (χ4n) is 7.50. The highest BCUT2D eigenvalue weighted by atomic mass is 35.5. The first kappa shape index (κ1) is 43.9. The van der Waals surface area contributed by atoms with Crippen LogP contribution < -0.4 is 36.0 Å². The molecule has 63 heavy (non-hydrogen) atoms. The van der Waals surface area contributed by atoms with E-state index < -0.39 is 23.6 Å². The minimum Gasteiger partial charge on any atom is -0.494 e. The molecule has 0 atom stereocenters. The zero-order valence-corrected chi connectivity index (χ0v) is 36.3. The first-order valence-corrected chi connectivity index (χ1v) is 20.8. The standard InChI is InChI=1S/C43H48ClN13O6/c1-6-56-32(19-25(3)52-56)40(60)49-42-48-31-22-29(39(59)51-44)24-34(62-5)36(31)54(42)16-8-9-17-55-37-30(47-43(55)50-41(61)33-20-26(4)53-57(33)7-2)21-28(38(45)58)23-35(37)63-18-10-11-27-12-14-46-15-13-27/h8-9,19-24,27,46H,6-7,12-18H2,1-5H3,(H2,45,58)(H,51,59)(H,47,50,61)(H,48,49,60)/b9-8+. The molecule has 7 rings (SSSR count). The largest absolute Gasteiger partial charge is 0.494 e. The van der Waals surface area contributed by atoms with Gasteiger partial charge in [-0.3, -0.25) is 44.0 Å². The Kier molecular flexibility index (Phi) is 13.4. The number of hydrogen-bond donors (Lipinski definition) is 5. The highest BCUT2D eigenvalue weighted by Gasteiger charge is 2.24. The number of benzene rings is 2. The van der Waals surface area contributed by atoms with Gasteiger partial charge in [-0.2, -0.15) is 10.2 Å². The van der Waals surface area contributed by atoms with Crippen molar-refractivity contribution in [3.8, 4) is 23.3 Å². The number of primary amides is 1. The summed E-state index contributed by atoms with van der Waals surface area (Å²) >= 11 is 5.67. The SMILES string of the molecule is CCn1nc(C)cc1C(=O)Nc1nc2cc(C(=O)NCl)cc(OC)c2n1C/C=C/Cn1c(NC(=O)c2cc(C)nn2CC)nc2cc(C(N)=O)cc(OCC#CC3CCNCC3)c21. The molecule has 4 aromatic heterocycles. The summed E-state index contributed by atoms with van der Waals surface area (Å²) in [4.78, 5) is 64.2. The third kappa shape index (κ3) is 9.51. The number of amides is 4. The molecule has 20 heteroatoms. The van der Waals surface area contributed by atoms with Crippen LogP contribution in [0.2, 0.25) is 0 Å². The number of hydrogen-bond acceptors (Lipinski definition) is 11. The van der Waals surface area contributed by atoms with E-state index in [1.807, 2.05) is 26.0 Å². The summed E-state index contributed by atoms with van der Waals surface area (Å²) in [5.41, 5.74) is 9.84. The van der Waals surface area contributed by atoms with Gasteiger partial charge in [-0.1, -0.05) is 24.0 Å². The number of methoxy groups -OCH3 is 1. The van der Waals surface area contributed by atoms with Gasteiger partial charge in [0, 0.05) is 55.0 Å². The number of rotatable bonds is 15. The van der Waals surface area contributed by atoms with Crippen LogP contribution in [0, 0.1) is 31.6 Å². The van der Waals surface area contributed by atoms with Gasteiger partial charge >= 0.3 is 0 Å². The number of fused-ring (bicyclic) bond motifs is 2. The summed E-state index contributed by atoms with van der Waals surface area (Å²) in [7, 11) is 1.46. The van der Waals surface area contributed by atoms with E-state index in [2.05, 4.69) is 42.8 Å². The number of carbonyl (C=O) groups is 4. The van der Waals surface area contributed by atoms with Gasteiger partial charge in [0.05, 0.1) is 29.5 Å². The highest BCUT2D eigenvalue weighted by Crippen LogP contribution is 2.33. The molecule has 0 saturated carbocycles. The third-order valence-corrected chi connectivity index (χ3v) is 10.6. The number of ether oxygens (including phenoxy) is 2. The van der Waals surface area contributed by atoms with Gasteiger partial charge in [0.1, 0.15) is 40.5 Å². The second-order valence-corrected chi connectivity index (χ2v) is 14.9. The smallest absolute Gasteiger partial charge is 0.276 e. The summed E-state index contributed by atoms with van der Waals surface area (Å²) < 4.78 is 18.7. The van der Waals surface area contributed by atoms with E-state index >= 15 is 0 Å². The molecule has 19 nitrogen and oxygen atoms in total. The minimum absolute atomic E-state index is 0.0375. The van der Waals surface area contributed by atoms with Gasteiger partial charge in [-0.15, -0.1) is 0 Å². The van der Waals surface area contributed by atoms with E-state index in [0.717, 1.165) is 25.9 Å². The molecule has 0 aliphatic carbocycles. The van der Waals surface area contributed by atoms with Gasteiger partial charge in [-0.25, -0.2) is 9.97 Å². The molecule has 0 unspecified atom stereocenters. The maximum absolute atomic E-state index is 13.8. The predicted molar refractivity (Wildman–Crippen MR) is 237 cm³/mol. The fraction of sp³-hybridized carbons (Fsp3) is 0.349. The summed E-state index contributed by atoms with van der Waals surface area (Å²) in [6.07, 6.45) is 5.57. The van der Waals surface area contributed by atoms with Crippen molar-refractivity contribution in [1.82, 2.24) is 48.8 Å². The van der Waals surface area contributed by atoms with E-state index in [-0.39, 0.29) is 48.6 Å². The number of piperidine rings is 1. The van der Waals surface area contributed by atoms with Crippen LogP contribution in [0.25, 0.3) is 22.1 Å². The lowest BCUT2D eigenvalue weighted by atomic mass is 9.99. The van der Waals surface area contributed by atoms with Crippen molar-refractivity contribution in [3.05, 3.63) is 82.5 Å². The lowest BCUT2D eigenvalue weighted by molar-refractivity contribution is 0.0977. The number of anilines is 2. The van der Waals surface area contributed by atoms with Crippen LogP contribution in [0.5, 0.6) is 11.5 Å². The Morgan fingerprint density at radius 1 is 0.810 bits per heavy atom. The molecule has 6 aromatic rings. The van der Waals surface area contributed by atoms with Gasteiger partial charge in [0.2, 0.25) is 17.8 Å². The van der Waals surface area contributed by atoms with E-state index in [0.29, 0.717) is 69.4 Å². The molecular weight excluding hydrogens is 830 g/mol. The first-order chi connectivity index (χ1) is 30.4. The van der Waals surface area contributed by atoms with Crippen LogP contribution >= 0.6 is 11.8 Å². The quantitative estimate of drug-likeness (QED) is 0.0545. The van der Waals surface area contributed by atoms with Crippen molar-refractivity contribution in [3.63, 3.8) is 0 Å². The molecule has 1 aliphatic rings. The summed E-state index contributed by atoms with van der Waals surface area (Å²) in [5.74, 6) is 5.50. The molecule has 5 heterocycles. The molecule has 1 saturated heterocycles. The van der Waals surface area contributed by atoms with Crippen molar-refractivity contribution in [2.75, 3.05) is 37.4 Å². The number of aryl methyl sites for hydroxylation is 4. The van der Waals surface area contributed by atoms with Crippen molar-refractivity contribution >= 4 is 69.4 Å². The maximum Gasteiger partial charge on any atom is 0.276 e. The number of nitrogens with one attached hydrogen (secondary N) is 4. The molecule has 6 N–H and O–H groups in total. The second-order valence-electron chi connectivity index (χ2n) is 14.8. The number of halogens is 1. The lowest BCUT2D eigenvalue weighted by Crippen LogP contribution is -2.27. The molecular formula is C43H48ClN13O6. The van der Waals surface area contributed by atoms with Crippen molar-refractivity contribution < 1.29 is 28.7 Å². The van der Waals surface area contributed by atoms with Crippen molar-refractivity contribution in [1.29, 1.82) is 0 Å². The molecule has 328 valence electrons. The van der Waals surface area contributed by atoms with Crippen LogP contribution in [0.15, 0.2) is 48.6 Å². The van der Waals surface area contributed by atoms with Crippen LogP contribution in [0.3, 0.4) is 0 Å². The first-order valence-electron chi connectivity index (χ1n) is 20.4. The maximum atomic E-state index is 13.8. The number of allylic oxidation sites excluding steroid dienone is 2. The molecule has 0 bridgehead atoms. The van der Waals surface area contributed by atoms with Crippen molar-refractivity contribution in [2.45, 2.75) is 66.7 Å².